The minimum absolute atomic E-state index is 0.164. The van der Waals surface area contributed by atoms with Crippen molar-refractivity contribution in [3.63, 3.8) is 0 Å². The summed E-state index contributed by atoms with van der Waals surface area (Å²) in [7, 11) is 1.27. The van der Waals surface area contributed by atoms with E-state index in [1.54, 1.807) is 62.5 Å². The molecular formula is C31H35N5O8. The van der Waals surface area contributed by atoms with Gasteiger partial charge in [0.2, 0.25) is 0 Å². The van der Waals surface area contributed by atoms with Crippen LogP contribution in [-0.4, -0.2) is 65.5 Å². The number of carboxylic acids is 1. The smallest absolute Gasteiger partial charge is 0.337 e. The first-order valence-corrected chi connectivity index (χ1v) is 13.8. The number of aliphatic hydroxyl groups excluding tert-OH is 1. The van der Waals surface area contributed by atoms with Crippen LogP contribution < -0.4 is 25.5 Å². The average Bonchev–Trinajstić information content (AvgIpc) is 3.28. The number of hydrogen-bond donors (Lipinski definition) is 5. The van der Waals surface area contributed by atoms with Crippen LogP contribution in [0, 0.1) is 13.8 Å². The van der Waals surface area contributed by atoms with Gasteiger partial charge in [-0.2, -0.15) is 5.10 Å². The van der Waals surface area contributed by atoms with E-state index < -0.39 is 30.2 Å². The Kier molecular flexibility index (Phi) is 9.91. The Balaban J connectivity index is 1.42. The average molecular weight is 606 g/mol. The number of carbonyl (C=O) groups is 3. The molecule has 13 heteroatoms. The molecule has 232 valence electrons. The van der Waals surface area contributed by atoms with E-state index in [0.717, 1.165) is 22.6 Å². The number of amides is 2. The molecule has 2 aromatic carbocycles. The fourth-order valence-corrected chi connectivity index (χ4v) is 4.88. The second-order valence-electron chi connectivity index (χ2n) is 9.93. The number of esters is 1. The van der Waals surface area contributed by atoms with E-state index in [0.29, 0.717) is 29.4 Å². The number of urea groups is 1. The van der Waals surface area contributed by atoms with Crippen LogP contribution in [0.3, 0.4) is 0 Å². The summed E-state index contributed by atoms with van der Waals surface area (Å²) in [5, 5.41) is 29.1. The summed E-state index contributed by atoms with van der Waals surface area (Å²) in [6.07, 6.45) is 0.420. The van der Waals surface area contributed by atoms with Gasteiger partial charge in [-0.3, -0.25) is 5.43 Å². The predicted octanol–water partition coefficient (Wildman–Crippen LogP) is 3.31. The molecule has 13 nitrogen and oxygen atoms in total. The highest BCUT2D eigenvalue weighted by atomic mass is 16.5. The number of carboxylic acid groups (broad SMARTS) is 1. The van der Waals surface area contributed by atoms with Crippen LogP contribution in [0.5, 0.6) is 11.5 Å². The number of hydrogen-bond acceptors (Lipinski definition) is 9. The van der Waals surface area contributed by atoms with Gasteiger partial charge in [0, 0.05) is 28.3 Å². The molecule has 0 spiro atoms. The number of benzene rings is 2. The Bertz CT molecular complexity index is 1610. The first-order chi connectivity index (χ1) is 21.0. The largest absolute Gasteiger partial charge is 0.490 e. The van der Waals surface area contributed by atoms with Gasteiger partial charge < -0.3 is 39.6 Å². The van der Waals surface area contributed by atoms with Gasteiger partial charge in [0.05, 0.1) is 37.1 Å². The number of aromatic carboxylic acids is 1. The van der Waals surface area contributed by atoms with E-state index in [4.69, 9.17) is 19.3 Å². The van der Waals surface area contributed by atoms with Crippen LogP contribution in [0.2, 0.25) is 0 Å². The molecule has 2 atom stereocenters. The summed E-state index contributed by atoms with van der Waals surface area (Å²) >= 11 is 0. The summed E-state index contributed by atoms with van der Waals surface area (Å²) in [6, 6.07) is 12.3. The number of rotatable bonds is 12. The molecule has 1 aliphatic heterocycles. The summed E-state index contributed by atoms with van der Waals surface area (Å²) in [4.78, 5) is 35.8. The van der Waals surface area contributed by atoms with E-state index in [1.807, 2.05) is 24.5 Å². The molecular weight excluding hydrogens is 570 g/mol. The zero-order valence-corrected chi connectivity index (χ0v) is 25.0. The number of aryl methyl sites for hydroxylation is 1. The van der Waals surface area contributed by atoms with Gasteiger partial charge in [-0.25, -0.2) is 14.4 Å². The third kappa shape index (κ3) is 7.01. The number of carbonyl (C=O) groups excluding carboxylic acids is 2. The molecule has 44 heavy (non-hydrogen) atoms. The molecule has 0 radical (unpaired) electrons. The SMILES string of the molecule is CCOc1cc([C@H]2NC(=O)NC(C)=C2C(=O)OC)ccc1OC[C@@H](O)N/N=C\c1cc(C)n(-c2ccc(C(=O)O)cc2)c1C. The normalized spacial score (nSPS) is 15.4. The predicted molar refractivity (Wildman–Crippen MR) is 161 cm³/mol. The summed E-state index contributed by atoms with van der Waals surface area (Å²) < 4.78 is 18.4. The topological polar surface area (TPSA) is 173 Å². The Hall–Kier alpha value is -5.30. The first-order valence-electron chi connectivity index (χ1n) is 13.8. The Morgan fingerprint density at radius 1 is 1.09 bits per heavy atom. The molecule has 1 aliphatic rings. The number of hydrazone groups is 1. The summed E-state index contributed by atoms with van der Waals surface area (Å²) in [6.45, 7) is 7.43. The Morgan fingerprint density at radius 2 is 1.82 bits per heavy atom. The minimum Gasteiger partial charge on any atom is -0.490 e. The highest BCUT2D eigenvalue weighted by Gasteiger charge is 2.32. The molecule has 2 amide bonds. The van der Waals surface area contributed by atoms with Crippen LogP contribution in [0.15, 0.2) is 64.9 Å². The van der Waals surface area contributed by atoms with E-state index in [1.165, 1.54) is 7.11 Å². The molecule has 0 saturated carbocycles. The minimum atomic E-state index is -1.16. The van der Waals surface area contributed by atoms with Crippen molar-refractivity contribution in [1.29, 1.82) is 0 Å². The highest BCUT2D eigenvalue weighted by Crippen LogP contribution is 2.35. The van der Waals surface area contributed by atoms with Gasteiger partial charge in [0.15, 0.2) is 17.7 Å². The van der Waals surface area contributed by atoms with Crippen molar-refractivity contribution in [1.82, 2.24) is 20.6 Å². The van der Waals surface area contributed by atoms with Gasteiger partial charge in [-0.1, -0.05) is 6.07 Å². The Labute approximate surface area is 254 Å². The number of nitrogens with zero attached hydrogens (tertiary/aromatic N) is 2. The van der Waals surface area contributed by atoms with Crippen LogP contribution in [0.1, 0.15) is 52.8 Å². The van der Waals surface area contributed by atoms with Gasteiger partial charge in [0.1, 0.15) is 6.61 Å². The third-order valence-corrected chi connectivity index (χ3v) is 6.94. The molecule has 0 bridgehead atoms. The maximum Gasteiger partial charge on any atom is 0.337 e. The molecule has 5 N–H and O–H groups in total. The van der Waals surface area contributed by atoms with Crippen molar-refractivity contribution in [3.8, 4) is 17.2 Å². The summed E-state index contributed by atoms with van der Waals surface area (Å²) in [5.74, 6) is -0.860. The van der Waals surface area contributed by atoms with E-state index >= 15 is 0 Å². The molecule has 0 saturated heterocycles. The van der Waals surface area contributed by atoms with Gasteiger partial charge in [-0.15, -0.1) is 0 Å². The monoisotopic (exact) mass is 605 g/mol. The lowest BCUT2D eigenvalue weighted by atomic mass is 9.95. The lowest BCUT2D eigenvalue weighted by Gasteiger charge is -2.28. The summed E-state index contributed by atoms with van der Waals surface area (Å²) in [5.41, 5.74) is 7.50. The van der Waals surface area contributed by atoms with Gasteiger partial charge >= 0.3 is 18.0 Å². The van der Waals surface area contributed by atoms with Crippen LogP contribution in [-0.2, 0) is 9.53 Å². The van der Waals surface area contributed by atoms with E-state index in [2.05, 4.69) is 21.2 Å². The lowest BCUT2D eigenvalue weighted by Crippen LogP contribution is -2.45. The fraction of sp³-hybridized carbons (Fsp3) is 0.290. The molecule has 0 fully saturated rings. The molecule has 4 rings (SSSR count). The number of allylic oxidation sites excluding steroid dienone is 1. The maximum atomic E-state index is 12.4. The number of methoxy groups -OCH3 is 1. The fourth-order valence-electron chi connectivity index (χ4n) is 4.88. The molecule has 0 unspecified atom stereocenters. The molecule has 2 heterocycles. The second-order valence-corrected chi connectivity index (χ2v) is 9.93. The molecule has 1 aromatic heterocycles. The van der Waals surface area contributed by atoms with E-state index in [-0.39, 0.29) is 17.7 Å². The second kappa shape index (κ2) is 13.8. The number of nitrogens with one attached hydrogen (secondary N) is 3. The van der Waals surface area contributed by atoms with Crippen molar-refractivity contribution in [3.05, 3.63) is 87.9 Å². The third-order valence-electron chi connectivity index (χ3n) is 6.94. The van der Waals surface area contributed by atoms with E-state index in [9.17, 15) is 19.5 Å². The number of ether oxygens (including phenoxy) is 3. The van der Waals surface area contributed by atoms with Gasteiger partial charge in [-0.05, 0) is 75.7 Å². The molecule has 0 aliphatic carbocycles. The number of aromatic nitrogens is 1. The standard InChI is InChI=1S/C31H35N5O8/c1-6-43-25-14-21(28-27(30(40)42-5)18(3)33-31(41)34-28)9-12-24(25)44-16-26(37)35-32-15-22-13-17(2)36(19(22)4)23-10-7-20(8-11-23)29(38)39/h7-15,26,28,35,37H,6,16H2,1-5H3,(H,38,39)(H2,33,34,41)/b32-15-/t26-,28-/m1/s1. The van der Waals surface area contributed by atoms with Crippen molar-refractivity contribution in [2.24, 2.45) is 5.10 Å². The van der Waals surface area contributed by atoms with Crippen LogP contribution in [0.25, 0.3) is 5.69 Å². The maximum absolute atomic E-state index is 12.4. The van der Waals surface area contributed by atoms with Crippen LogP contribution in [0.4, 0.5) is 4.79 Å². The van der Waals surface area contributed by atoms with Crippen LogP contribution >= 0.6 is 0 Å². The lowest BCUT2D eigenvalue weighted by molar-refractivity contribution is -0.136. The van der Waals surface area contributed by atoms with Crippen molar-refractivity contribution >= 4 is 24.2 Å². The van der Waals surface area contributed by atoms with Crippen molar-refractivity contribution in [2.45, 2.75) is 40.0 Å². The first kappa shape index (κ1) is 31.6. The van der Waals surface area contributed by atoms with Gasteiger partial charge in [0.25, 0.3) is 0 Å². The molecule has 3 aromatic rings. The van der Waals surface area contributed by atoms with Crippen molar-refractivity contribution in [2.75, 3.05) is 20.3 Å². The highest BCUT2D eigenvalue weighted by molar-refractivity contribution is 5.95. The zero-order valence-electron chi connectivity index (χ0n) is 25.0. The Morgan fingerprint density at radius 3 is 2.48 bits per heavy atom. The number of aliphatic hydroxyl groups is 1. The quantitative estimate of drug-likeness (QED) is 0.0899. The zero-order chi connectivity index (χ0) is 32.0. The van der Waals surface area contributed by atoms with Crippen molar-refractivity contribution < 1.29 is 38.8 Å².